The molecule has 3 heteroatoms. The maximum Gasteiger partial charge on any atom is 0.222 e. The molecule has 1 aliphatic carbocycles. The zero-order valence-electron chi connectivity index (χ0n) is 10.7. The molecule has 1 amide bonds. The molecule has 0 radical (unpaired) electrons. The second kappa shape index (κ2) is 7.34. The van der Waals surface area contributed by atoms with Crippen LogP contribution >= 0.6 is 0 Å². The van der Waals surface area contributed by atoms with Crippen LogP contribution in [0.1, 0.15) is 51.4 Å². The van der Waals surface area contributed by atoms with Gasteiger partial charge in [-0.25, -0.2) is 0 Å². The second-order valence-corrected chi connectivity index (χ2v) is 4.84. The maximum atomic E-state index is 11.9. The highest BCUT2D eigenvalue weighted by molar-refractivity contribution is 5.76. The Hall–Kier alpha value is -1.01. The van der Waals surface area contributed by atoms with Gasteiger partial charge < -0.3 is 10.0 Å². The number of hydrogen-bond acceptors (Lipinski definition) is 2. The first-order valence-corrected chi connectivity index (χ1v) is 6.54. The van der Waals surface area contributed by atoms with Gasteiger partial charge in [-0.05, 0) is 25.7 Å². The van der Waals surface area contributed by atoms with Crippen molar-refractivity contribution >= 4 is 5.91 Å². The number of carbonyl (C=O) groups is 1. The number of hydrogen-bond donors (Lipinski definition) is 1. The summed E-state index contributed by atoms with van der Waals surface area (Å²) in [5.41, 5.74) is 0. The van der Waals surface area contributed by atoms with E-state index < -0.39 is 0 Å². The Kier molecular flexibility index (Phi) is 6.07. The minimum atomic E-state index is -0.344. The second-order valence-electron chi connectivity index (χ2n) is 4.84. The largest absolute Gasteiger partial charge is 0.391 e. The van der Waals surface area contributed by atoms with E-state index in [1.54, 1.807) is 4.90 Å². The molecule has 96 valence electrons. The van der Waals surface area contributed by atoms with Crippen LogP contribution in [0.5, 0.6) is 0 Å². The van der Waals surface area contributed by atoms with Crippen molar-refractivity contribution < 1.29 is 9.90 Å². The summed E-state index contributed by atoms with van der Waals surface area (Å²) in [5.74, 6) is 2.71. The van der Waals surface area contributed by atoms with Crippen molar-refractivity contribution in [2.75, 3.05) is 7.05 Å². The quantitative estimate of drug-likeness (QED) is 0.586. The van der Waals surface area contributed by atoms with E-state index in [4.69, 9.17) is 6.42 Å². The lowest BCUT2D eigenvalue weighted by Crippen LogP contribution is -2.46. The molecule has 2 atom stereocenters. The number of carbonyl (C=O) groups excluding carboxylic acids is 1. The third-order valence-electron chi connectivity index (χ3n) is 3.55. The molecule has 1 saturated carbocycles. The van der Waals surface area contributed by atoms with E-state index >= 15 is 0 Å². The third kappa shape index (κ3) is 4.40. The molecule has 0 aromatic carbocycles. The Morgan fingerprint density at radius 2 is 2.12 bits per heavy atom. The van der Waals surface area contributed by atoms with Crippen LogP contribution in [0.4, 0.5) is 0 Å². The molecule has 0 saturated heterocycles. The predicted molar refractivity (Wildman–Crippen MR) is 68.3 cm³/mol. The summed E-state index contributed by atoms with van der Waals surface area (Å²) in [5, 5.41) is 9.88. The number of unbranched alkanes of at least 4 members (excludes halogenated alkanes) is 2. The highest BCUT2D eigenvalue weighted by atomic mass is 16.3. The normalized spacial score (nSPS) is 24.1. The van der Waals surface area contributed by atoms with E-state index in [0.717, 1.165) is 44.9 Å². The van der Waals surface area contributed by atoms with Crippen molar-refractivity contribution in [2.45, 2.75) is 63.5 Å². The average molecular weight is 237 g/mol. The van der Waals surface area contributed by atoms with Gasteiger partial charge in [-0.1, -0.05) is 12.8 Å². The molecule has 0 aliphatic heterocycles. The summed E-state index contributed by atoms with van der Waals surface area (Å²) < 4.78 is 0. The van der Waals surface area contributed by atoms with Crippen molar-refractivity contribution in [3.05, 3.63) is 0 Å². The molecule has 17 heavy (non-hydrogen) atoms. The van der Waals surface area contributed by atoms with Gasteiger partial charge in [-0.15, -0.1) is 12.3 Å². The van der Waals surface area contributed by atoms with E-state index in [1.807, 2.05) is 7.05 Å². The minimum absolute atomic E-state index is 0.0175. The summed E-state index contributed by atoms with van der Waals surface area (Å²) in [6.45, 7) is 0. The number of amides is 1. The van der Waals surface area contributed by atoms with Gasteiger partial charge in [0.15, 0.2) is 0 Å². The maximum absolute atomic E-state index is 11.9. The van der Waals surface area contributed by atoms with E-state index in [-0.39, 0.29) is 18.1 Å². The molecule has 0 aromatic heterocycles. The highest BCUT2D eigenvalue weighted by Crippen LogP contribution is 2.23. The summed E-state index contributed by atoms with van der Waals surface area (Å²) in [4.78, 5) is 13.6. The summed E-state index contributed by atoms with van der Waals surface area (Å²) in [6.07, 6.45) is 11.8. The van der Waals surface area contributed by atoms with Crippen LogP contribution in [0, 0.1) is 12.3 Å². The van der Waals surface area contributed by atoms with Gasteiger partial charge in [-0.3, -0.25) is 4.79 Å². The van der Waals surface area contributed by atoms with Crippen LogP contribution in [0.15, 0.2) is 0 Å². The van der Waals surface area contributed by atoms with Gasteiger partial charge in [0.1, 0.15) is 0 Å². The zero-order chi connectivity index (χ0) is 12.7. The van der Waals surface area contributed by atoms with Gasteiger partial charge in [0.05, 0.1) is 12.1 Å². The SMILES string of the molecule is C#CCCCCC(=O)N(C)C1CCCCC1O. The summed E-state index contributed by atoms with van der Waals surface area (Å²) in [6, 6.07) is 0.0175. The molecule has 1 aliphatic rings. The van der Waals surface area contributed by atoms with Crippen LogP contribution in [0.3, 0.4) is 0 Å². The Morgan fingerprint density at radius 1 is 1.41 bits per heavy atom. The lowest BCUT2D eigenvalue weighted by atomic mass is 9.91. The van der Waals surface area contributed by atoms with Crippen molar-refractivity contribution in [1.82, 2.24) is 4.90 Å². The van der Waals surface area contributed by atoms with Crippen LogP contribution in [0.2, 0.25) is 0 Å². The number of aliphatic hydroxyl groups excluding tert-OH is 1. The average Bonchev–Trinajstić information content (AvgIpc) is 2.34. The smallest absolute Gasteiger partial charge is 0.222 e. The summed E-state index contributed by atoms with van der Waals surface area (Å²) in [7, 11) is 1.81. The fourth-order valence-electron chi connectivity index (χ4n) is 2.41. The number of likely N-dealkylation sites (N-methyl/N-ethyl adjacent to an activating group) is 1. The van der Waals surface area contributed by atoms with Gasteiger partial charge >= 0.3 is 0 Å². The first-order valence-electron chi connectivity index (χ1n) is 6.54. The van der Waals surface area contributed by atoms with Gasteiger partial charge in [-0.2, -0.15) is 0 Å². The fourth-order valence-corrected chi connectivity index (χ4v) is 2.41. The summed E-state index contributed by atoms with van der Waals surface area (Å²) >= 11 is 0. The first kappa shape index (κ1) is 14.1. The molecule has 0 spiro atoms. The number of aliphatic hydroxyl groups is 1. The van der Waals surface area contributed by atoms with E-state index in [9.17, 15) is 9.90 Å². The minimum Gasteiger partial charge on any atom is -0.391 e. The van der Waals surface area contributed by atoms with Crippen molar-refractivity contribution in [2.24, 2.45) is 0 Å². The predicted octanol–water partition coefficient (Wildman–Crippen LogP) is 1.94. The Bertz CT molecular complexity index is 282. The van der Waals surface area contributed by atoms with Gasteiger partial charge in [0.25, 0.3) is 0 Å². The molecular formula is C14H23NO2. The van der Waals surface area contributed by atoms with Crippen molar-refractivity contribution in [3.63, 3.8) is 0 Å². The molecule has 1 rings (SSSR count). The standard InChI is InChI=1S/C14H23NO2/c1-3-4-5-6-11-14(17)15(2)12-9-7-8-10-13(12)16/h1,12-13,16H,4-11H2,2H3. The lowest BCUT2D eigenvalue weighted by Gasteiger charge is -2.35. The molecule has 1 fully saturated rings. The Morgan fingerprint density at radius 3 is 2.76 bits per heavy atom. The van der Waals surface area contributed by atoms with E-state index in [1.165, 1.54) is 0 Å². The Balaban J connectivity index is 2.32. The highest BCUT2D eigenvalue weighted by Gasteiger charge is 2.28. The van der Waals surface area contributed by atoms with Gasteiger partial charge in [0.2, 0.25) is 5.91 Å². The molecule has 0 aromatic rings. The van der Waals surface area contributed by atoms with Crippen LogP contribution in [0.25, 0.3) is 0 Å². The van der Waals surface area contributed by atoms with Crippen LogP contribution < -0.4 is 0 Å². The molecule has 1 N–H and O–H groups in total. The molecule has 2 unspecified atom stereocenters. The molecule has 0 heterocycles. The first-order chi connectivity index (χ1) is 8.16. The number of rotatable bonds is 5. The zero-order valence-corrected chi connectivity index (χ0v) is 10.7. The van der Waals surface area contributed by atoms with Crippen molar-refractivity contribution in [1.29, 1.82) is 0 Å². The van der Waals surface area contributed by atoms with Crippen LogP contribution in [-0.4, -0.2) is 35.1 Å². The molecule has 0 bridgehead atoms. The van der Waals surface area contributed by atoms with E-state index in [2.05, 4.69) is 5.92 Å². The monoisotopic (exact) mass is 237 g/mol. The topological polar surface area (TPSA) is 40.5 Å². The van der Waals surface area contributed by atoms with E-state index in [0.29, 0.717) is 6.42 Å². The Labute approximate surface area is 104 Å². The van der Waals surface area contributed by atoms with Crippen LogP contribution in [-0.2, 0) is 4.79 Å². The molecule has 3 nitrogen and oxygen atoms in total. The van der Waals surface area contributed by atoms with Crippen molar-refractivity contribution in [3.8, 4) is 12.3 Å². The third-order valence-corrected chi connectivity index (χ3v) is 3.55. The molecular weight excluding hydrogens is 214 g/mol. The lowest BCUT2D eigenvalue weighted by molar-refractivity contribution is -0.135. The fraction of sp³-hybridized carbons (Fsp3) is 0.786. The number of nitrogens with zero attached hydrogens (tertiary/aromatic N) is 1. The number of terminal acetylenes is 1. The van der Waals surface area contributed by atoms with Gasteiger partial charge in [0, 0.05) is 19.9 Å².